The number of halogens is 1. The number of pyridine rings is 1. The van der Waals surface area contributed by atoms with E-state index in [1.54, 1.807) is 43.6 Å². The van der Waals surface area contributed by atoms with E-state index in [1.807, 2.05) is 30.1 Å². The molecule has 2 aromatic heterocycles. The predicted molar refractivity (Wildman–Crippen MR) is 167 cm³/mol. The fourth-order valence-electron chi connectivity index (χ4n) is 4.86. The topological polar surface area (TPSA) is 106 Å². The minimum Gasteiger partial charge on any atom is -0.438 e. The molecule has 1 aliphatic heterocycles. The summed E-state index contributed by atoms with van der Waals surface area (Å²) in [6.07, 6.45) is 7.93. The molecule has 2 unspecified atom stereocenters. The van der Waals surface area contributed by atoms with Crippen LogP contribution in [0.4, 0.5) is 10.1 Å². The van der Waals surface area contributed by atoms with Crippen molar-refractivity contribution in [2.75, 3.05) is 37.9 Å². The van der Waals surface area contributed by atoms with Gasteiger partial charge < -0.3 is 28.5 Å². The quantitative estimate of drug-likeness (QED) is 0.154. The highest BCUT2D eigenvalue weighted by atomic mass is 32.1. The van der Waals surface area contributed by atoms with Gasteiger partial charge in [-0.3, -0.25) is 9.55 Å². The molecule has 3 aromatic rings. The molecule has 0 bridgehead atoms. The van der Waals surface area contributed by atoms with Crippen molar-refractivity contribution in [3.05, 3.63) is 76.6 Å². The van der Waals surface area contributed by atoms with Gasteiger partial charge in [0.2, 0.25) is 0 Å². The van der Waals surface area contributed by atoms with Gasteiger partial charge in [0, 0.05) is 36.4 Å². The van der Waals surface area contributed by atoms with E-state index in [9.17, 15) is 9.46 Å². The fraction of sp³-hybridized carbons (Fsp3) is 0.448. The smallest absolute Gasteiger partial charge is 0.346 e. The zero-order valence-electron chi connectivity index (χ0n) is 24.5. The Morgan fingerprint density at radius 1 is 1.19 bits per heavy atom. The lowest BCUT2D eigenvalue weighted by molar-refractivity contribution is 0.218. The lowest BCUT2D eigenvalue weighted by Gasteiger charge is -2.26. The van der Waals surface area contributed by atoms with Gasteiger partial charge in [0.15, 0.2) is 0 Å². The van der Waals surface area contributed by atoms with Crippen LogP contribution in [0.3, 0.4) is 0 Å². The van der Waals surface area contributed by atoms with E-state index in [1.165, 1.54) is 17.2 Å². The molecule has 0 fully saturated rings. The third-order valence-corrected chi connectivity index (χ3v) is 11.0. The third-order valence-electron chi connectivity index (χ3n) is 6.97. The number of aryl methyl sites for hydroxylation is 2. The van der Waals surface area contributed by atoms with Crippen molar-refractivity contribution in [2.45, 2.75) is 52.4 Å². The summed E-state index contributed by atoms with van der Waals surface area (Å²) >= 11 is 1.67. The summed E-state index contributed by atoms with van der Waals surface area (Å²) < 4.78 is 44.9. The molecule has 0 amide bonds. The van der Waals surface area contributed by atoms with Gasteiger partial charge >= 0.3 is 16.1 Å². The van der Waals surface area contributed by atoms with E-state index < -0.39 is 16.1 Å². The molecule has 1 aliphatic rings. The maximum atomic E-state index is 15.1. The van der Waals surface area contributed by atoms with Crippen molar-refractivity contribution in [1.29, 1.82) is 0 Å². The fourth-order valence-corrected chi connectivity index (χ4v) is 8.52. The minimum absolute atomic E-state index is 0.161. The summed E-state index contributed by atoms with van der Waals surface area (Å²) in [5.41, 5.74) is 4.20. The van der Waals surface area contributed by atoms with E-state index >= 15 is 4.39 Å². The average Bonchev–Trinajstić information content (AvgIpc) is 3.56. The lowest BCUT2D eigenvalue weighted by Crippen LogP contribution is -2.21. The number of hydrogen-bond acceptors (Lipinski definition) is 10. The Bertz CT molecular complexity index is 1380. The molecule has 228 valence electrons. The number of nitrogens with one attached hydrogen (secondary N) is 1. The summed E-state index contributed by atoms with van der Waals surface area (Å²) in [5.74, 6) is -0.554. The molecule has 2 N–H and O–H groups in total. The van der Waals surface area contributed by atoms with Gasteiger partial charge in [-0.1, -0.05) is 6.07 Å². The zero-order valence-corrected chi connectivity index (χ0v) is 27.1. The second-order valence-electron chi connectivity index (χ2n) is 9.99. The Kier molecular flexibility index (Phi) is 11.9. The molecular formula is C29H39FN4O5P2S. The number of aromatic nitrogens is 2. The van der Waals surface area contributed by atoms with Crippen LogP contribution in [-0.4, -0.2) is 47.8 Å². The van der Waals surface area contributed by atoms with Crippen molar-refractivity contribution in [3.8, 4) is 10.6 Å². The second-order valence-corrected chi connectivity index (χ2v) is 14.3. The van der Waals surface area contributed by atoms with E-state index in [0.717, 1.165) is 40.4 Å². The van der Waals surface area contributed by atoms with Crippen molar-refractivity contribution < 1.29 is 27.4 Å². The highest BCUT2D eigenvalue weighted by molar-refractivity contribution is 7.53. The van der Waals surface area contributed by atoms with Crippen LogP contribution in [0.15, 0.2) is 54.7 Å². The number of allylic oxidation sites excluding steroid dienone is 1. The number of thiazole rings is 1. The zero-order chi connectivity index (χ0) is 30.1. The van der Waals surface area contributed by atoms with Crippen molar-refractivity contribution in [3.63, 3.8) is 0 Å². The minimum atomic E-state index is -3.38. The Labute approximate surface area is 252 Å². The van der Waals surface area contributed by atoms with Crippen LogP contribution in [0.2, 0.25) is 0 Å². The Morgan fingerprint density at radius 2 is 1.93 bits per heavy atom. The van der Waals surface area contributed by atoms with E-state index in [4.69, 9.17) is 18.6 Å². The van der Waals surface area contributed by atoms with Gasteiger partial charge in [0.25, 0.3) is 0 Å². The van der Waals surface area contributed by atoms with Crippen LogP contribution in [0.1, 0.15) is 55.2 Å². The molecular weight excluding hydrogens is 597 g/mol. The molecule has 1 aromatic carbocycles. The van der Waals surface area contributed by atoms with Crippen LogP contribution >= 0.6 is 27.5 Å². The molecule has 3 heterocycles. The van der Waals surface area contributed by atoms with Gasteiger partial charge in [-0.25, -0.2) is 9.37 Å². The van der Waals surface area contributed by atoms with Crippen molar-refractivity contribution in [1.82, 2.24) is 15.1 Å². The molecule has 0 spiro atoms. The largest absolute Gasteiger partial charge is 0.438 e. The van der Waals surface area contributed by atoms with Gasteiger partial charge in [-0.15, -0.1) is 11.3 Å². The second kappa shape index (κ2) is 15.4. The van der Waals surface area contributed by atoms with Crippen LogP contribution in [0.5, 0.6) is 0 Å². The molecule has 0 radical (unpaired) electrons. The molecule has 0 saturated carbocycles. The van der Waals surface area contributed by atoms with Gasteiger partial charge in [0.05, 0.1) is 36.5 Å². The molecule has 2 atom stereocenters. The Hall–Kier alpha value is -2.39. The number of benzene rings is 1. The van der Waals surface area contributed by atoms with Crippen LogP contribution in [-0.2, 0) is 24.6 Å². The first-order valence-corrected chi connectivity index (χ1v) is 17.8. The molecule has 9 nitrogen and oxygen atoms in total. The first-order valence-electron chi connectivity index (χ1n) is 14.1. The Balaban J connectivity index is 1.46. The third kappa shape index (κ3) is 8.82. The average molecular weight is 637 g/mol. The highest BCUT2D eigenvalue weighted by Gasteiger charge is 2.30. The van der Waals surface area contributed by atoms with E-state index in [0.29, 0.717) is 25.1 Å². The Morgan fingerprint density at radius 3 is 2.60 bits per heavy atom. The molecule has 13 heteroatoms. The summed E-state index contributed by atoms with van der Waals surface area (Å²) in [5, 5.41) is 3.89. The summed E-state index contributed by atoms with van der Waals surface area (Å²) in [7, 11) is -3.18. The van der Waals surface area contributed by atoms with E-state index in [-0.39, 0.29) is 31.1 Å². The lowest BCUT2D eigenvalue weighted by atomic mass is 9.94. The normalized spacial score (nSPS) is 15.7. The highest BCUT2D eigenvalue weighted by Crippen LogP contribution is 2.52. The van der Waals surface area contributed by atoms with Gasteiger partial charge in [-0.05, 0) is 82.2 Å². The maximum absolute atomic E-state index is 15.1. The number of anilines is 1. The first kappa shape index (κ1) is 32.5. The van der Waals surface area contributed by atoms with E-state index in [2.05, 4.69) is 17.0 Å². The van der Waals surface area contributed by atoms with Gasteiger partial charge in [0.1, 0.15) is 17.1 Å². The van der Waals surface area contributed by atoms with Crippen LogP contribution < -0.4 is 9.99 Å². The SMILES string of the molecule is CCOP(=O)(CC(CCC1=COP(O)N1)c1ccc(F)c(N(C)CCCc2nc(-c3ccncc3)sc2C)c1)OCC. The number of hydrogen-bond donors (Lipinski definition) is 2. The maximum Gasteiger partial charge on any atom is 0.346 e. The number of rotatable bonds is 16. The van der Waals surface area contributed by atoms with Crippen molar-refractivity contribution in [2.24, 2.45) is 0 Å². The monoisotopic (exact) mass is 636 g/mol. The van der Waals surface area contributed by atoms with Gasteiger partial charge in [-0.2, -0.15) is 0 Å². The molecule has 0 saturated heterocycles. The van der Waals surface area contributed by atoms with Crippen LogP contribution in [0.25, 0.3) is 10.6 Å². The summed E-state index contributed by atoms with van der Waals surface area (Å²) in [6.45, 7) is 6.81. The molecule has 4 rings (SSSR count). The standard InChI is InChI=1S/C29H39FN4O5P2S/c1-5-38-41(36,39-6-2)20-24(9-11-25-19-37-40(35)33-25)23-10-12-26(30)28(18-23)34(4)17-7-8-27-21(3)42-29(32-27)22-13-15-31-16-14-22/h10,12-16,18-19,24,33,35H,5-9,11,17,20H2,1-4H3. The molecule has 0 aliphatic carbocycles. The summed E-state index contributed by atoms with van der Waals surface area (Å²) in [4.78, 5) is 21.7. The van der Waals surface area contributed by atoms with Crippen LogP contribution in [0, 0.1) is 12.7 Å². The van der Waals surface area contributed by atoms with Crippen molar-refractivity contribution >= 4 is 33.1 Å². The number of nitrogens with zero attached hydrogens (tertiary/aromatic N) is 3. The first-order chi connectivity index (χ1) is 20.2. The summed E-state index contributed by atoms with van der Waals surface area (Å²) in [6, 6.07) is 8.96. The predicted octanol–water partition coefficient (Wildman–Crippen LogP) is 7.53. The molecule has 42 heavy (non-hydrogen) atoms.